The van der Waals surface area contributed by atoms with Crippen LogP contribution in [-0.2, 0) is 6.54 Å². The third-order valence-corrected chi connectivity index (χ3v) is 2.59. The summed E-state index contributed by atoms with van der Waals surface area (Å²) in [5, 5.41) is 7.56. The molecule has 0 aliphatic carbocycles. The minimum atomic E-state index is 0.927. The number of hydrogen-bond donors (Lipinski definition) is 1. The molecule has 0 saturated carbocycles. The second kappa shape index (κ2) is 4.94. The maximum absolute atomic E-state index is 4.24. The summed E-state index contributed by atoms with van der Waals surface area (Å²) in [6.45, 7) is 6.16. The first-order valence-electron chi connectivity index (χ1n) is 5.61. The highest BCUT2D eigenvalue weighted by Gasteiger charge is 2.01. The van der Waals surface area contributed by atoms with Crippen LogP contribution in [0.2, 0.25) is 0 Å². The number of aromatic nitrogens is 2. The Balaban J connectivity index is 2.23. The lowest BCUT2D eigenvalue weighted by molar-refractivity contribution is 0.725. The zero-order valence-corrected chi connectivity index (χ0v) is 9.77. The van der Waals surface area contributed by atoms with Gasteiger partial charge in [0.1, 0.15) is 0 Å². The SMILES string of the molecule is CCNCc1ccc(-n2cccn2)c(C)c1. The van der Waals surface area contributed by atoms with Crippen molar-refractivity contribution >= 4 is 0 Å². The summed E-state index contributed by atoms with van der Waals surface area (Å²) >= 11 is 0. The van der Waals surface area contributed by atoms with E-state index < -0.39 is 0 Å². The highest BCUT2D eigenvalue weighted by Crippen LogP contribution is 2.14. The van der Waals surface area contributed by atoms with Gasteiger partial charge in [-0.05, 0) is 36.7 Å². The molecule has 0 radical (unpaired) electrons. The average molecular weight is 215 g/mol. The van der Waals surface area contributed by atoms with E-state index in [4.69, 9.17) is 0 Å². The molecule has 0 amide bonds. The average Bonchev–Trinajstić information content (AvgIpc) is 2.80. The second-order valence-corrected chi connectivity index (χ2v) is 3.85. The van der Waals surface area contributed by atoms with E-state index in [0.29, 0.717) is 0 Å². The van der Waals surface area contributed by atoms with Gasteiger partial charge in [-0.2, -0.15) is 5.10 Å². The molecule has 3 heteroatoms. The highest BCUT2D eigenvalue weighted by atomic mass is 15.3. The number of benzene rings is 1. The summed E-state index contributed by atoms with van der Waals surface area (Å²) in [6.07, 6.45) is 3.76. The molecule has 2 rings (SSSR count). The molecule has 0 bridgehead atoms. The van der Waals surface area contributed by atoms with E-state index in [9.17, 15) is 0 Å². The zero-order valence-electron chi connectivity index (χ0n) is 9.77. The van der Waals surface area contributed by atoms with Gasteiger partial charge in [-0.25, -0.2) is 4.68 Å². The van der Waals surface area contributed by atoms with Crippen molar-refractivity contribution in [1.82, 2.24) is 15.1 Å². The molecule has 16 heavy (non-hydrogen) atoms. The van der Waals surface area contributed by atoms with Gasteiger partial charge >= 0.3 is 0 Å². The lowest BCUT2D eigenvalue weighted by Crippen LogP contribution is -2.12. The van der Waals surface area contributed by atoms with Gasteiger partial charge in [0.15, 0.2) is 0 Å². The van der Waals surface area contributed by atoms with Gasteiger partial charge in [0.2, 0.25) is 0 Å². The van der Waals surface area contributed by atoms with Crippen LogP contribution in [0.1, 0.15) is 18.1 Å². The molecule has 84 valence electrons. The highest BCUT2D eigenvalue weighted by molar-refractivity contribution is 5.42. The largest absolute Gasteiger partial charge is 0.313 e. The molecule has 0 aliphatic heterocycles. The van der Waals surface area contributed by atoms with Crippen LogP contribution in [-0.4, -0.2) is 16.3 Å². The van der Waals surface area contributed by atoms with Crippen molar-refractivity contribution in [3.8, 4) is 5.69 Å². The van der Waals surface area contributed by atoms with Crippen molar-refractivity contribution in [2.45, 2.75) is 20.4 Å². The van der Waals surface area contributed by atoms with E-state index in [0.717, 1.165) is 18.8 Å². The van der Waals surface area contributed by atoms with Crippen molar-refractivity contribution in [3.05, 3.63) is 47.8 Å². The number of nitrogens with zero attached hydrogens (tertiary/aromatic N) is 2. The molecule has 1 heterocycles. The normalized spacial score (nSPS) is 10.6. The first-order chi connectivity index (χ1) is 7.81. The van der Waals surface area contributed by atoms with E-state index >= 15 is 0 Å². The molecular formula is C13H17N3. The predicted octanol–water partition coefficient (Wildman–Crippen LogP) is 2.29. The first-order valence-corrected chi connectivity index (χ1v) is 5.61. The molecule has 1 aromatic carbocycles. The summed E-state index contributed by atoms with van der Waals surface area (Å²) in [7, 11) is 0. The maximum atomic E-state index is 4.24. The van der Waals surface area contributed by atoms with Gasteiger partial charge in [-0.15, -0.1) is 0 Å². The summed E-state index contributed by atoms with van der Waals surface area (Å²) < 4.78 is 1.90. The Hall–Kier alpha value is -1.61. The quantitative estimate of drug-likeness (QED) is 0.848. The third kappa shape index (κ3) is 2.31. The van der Waals surface area contributed by atoms with Crippen LogP contribution in [0.3, 0.4) is 0 Å². The van der Waals surface area contributed by atoms with Crippen LogP contribution in [0.4, 0.5) is 0 Å². The number of rotatable bonds is 4. The molecule has 0 atom stereocenters. The zero-order chi connectivity index (χ0) is 11.4. The number of aryl methyl sites for hydroxylation is 1. The summed E-state index contributed by atoms with van der Waals surface area (Å²) in [4.78, 5) is 0. The van der Waals surface area contributed by atoms with Crippen molar-refractivity contribution in [1.29, 1.82) is 0 Å². The number of hydrogen-bond acceptors (Lipinski definition) is 2. The molecule has 2 aromatic rings. The molecular weight excluding hydrogens is 198 g/mol. The molecule has 3 nitrogen and oxygen atoms in total. The van der Waals surface area contributed by atoms with Crippen LogP contribution in [0.25, 0.3) is 5.69 Å². The van der Waals surface area contributed by atoms with Gasteiger partial charge in [0.05, 0.1) is 5.69 Å². The molecule has 1 aromatic heterocycles. The fraction of sp³-hybridized carbons (Fsp3) is 0.308. The van der Waals surface area contributed by atoms with Gasteiger partial charge in [-0.3, -0.25) is 0 Å². The predicted molar refractivity (Wildman–Crippen MR) is 65.7 cm³/mol. The van der Waals surface area contributed by atoms with Crippen molar-refractivity contribution < 1.29 is 0 Å². The van der Waals surface area contributed by atoms with Gasteiger partial charge in [0.25, 0.3) is 0 Å². The van der Waals surface area contributed by atoms with Crippen LogP contribution >= 0.6 is 0 Å². The minimum absolute atomic E-state index is 0.927. The van der Waals surface area contributed by atoms with Gasteiger partial charge in [-0.1, -0.05) is 19.1 Å². The molecule has 0 saturated heterocycles. The molecule has 0 spiro atoms. The van der Waals surface area contributed by atoms with Crippen molar-refractivity contribution in [3.63, 3.8) is 0 Å². The Morgan fingerprint density at radius 3 is 2.88 bits per heavy atom. The molecule has 1 N–H and O–H groups in total. The van der Waals surface area contributed by atoms with Crippen LogP contribution in [0.5, 0.6) is 0 Å². The first kappa shape index (κ1) is 10.9. The Labute approximate surface area is 96.1 Å². The Kier molecular flexibility index (Phi) is 3.37. The Bertz CT molecular complexity index is 446. The van der Waals surface area contributed by atoms with E-state index in [-0.39, 0.29) is 0 Å². The van der Waals surface area contributed by atoms with E-state index in [1.54, 1.807) is 6.20 Å². The van der Waals surface area contributed by atoms with Crippen LogP contribution in [0, 0.1) is 6.92 Å². The second-order valence-electron chi connectivity index (χ2n) is 3.85. The van der Waals surface area contributed by atoms with E-state index in [1.165, 1.54) is 11.1 Å². The standard InChI is InChI=1S/C13H17N3/c1-3-14-10-12-5-6-13(11(2)9-12)16-8-4-7-15-16/h4-9,14H,3,10H2,1-2H3. The third-order valence-electron chi connectivity index (χ3n) is 2.59. The van der Waals surface area contributed by atoms with E-state index in [1.807, 2.05) is 16.9 Å². The fourth-order valence-corrected chi connectivity index (χ4v) is 1.77. The van der Waals surface area contributed by atoms with E-state index in [2.05, 4.69) is 42.5 Å². The van der Waals surface area contributed by atoms with Crippen molar-refractivity contribution in [2.24, 2.45) is 0 Å². The molecule has 0 aliphatic rings. The minimum Gasteiger partial charge on any atom is -0.313 e. The van der Waals surface area contributed by atoms with Gasteiger partial charge in [0, 0.05) is 18.9 Å². The topological polar surface area (TPSA) is 29.9 Å². The lowest BCUT2D eigenvalue weighted by atomic mass is 10.1. The summed E-state index contributed by atoms with van der Waals surface area (Å²) in [5.74, 6) is 0. The summed E-state index contributed by atoms with van der Waals surface area (Å²) in [5.41, 5.74) is 3.71. The molecule has 0 unspecified atom stereocenters. The van der Waals surface area contributed by atoms with Crippen LogP contribution in [0.15, 0.2) is 36.7 Å². The summed E-state index contributed by atoms with van der Waals surface area (Å²) in [6, 6.07) is 8.41. The smallest absolute Gasteiger partial charge is 0.0674 e. The van der Waals surface area contributed by atoms with Gasteiger partial charge < -0.3 is 5.32 Å². The Morgan fingerprint density at radius 1 is 1.38 bits per heavy atom. The van der Waals surface area contributed by atoms with Crippen molar-refractivity contribution in [2.75, 3.05) is 6.54 Å². The van der Waals surface area contributed by atoms with Crippen LogP contribution < -0.4 is 5.32 Å². The Morgan fingerprint density at radius 2 is 2.25 bits per heavy atom. The lowest BCUT2D eigenvalue weighted by Gasteiger charge is -2.08. The molecule has 0 fully saturated rings. The maximum Gasteiger partial charge on any atom is 0.0674 e. The number of nitrogens with one attached hydrogen (secondary N) is 1. The fourth-order valence-electron chi connectivity index (χ4n) is 1.77. The monoisotopic (exact) mass is 215 g/mol.